The number of carbonyl (C=O) groups excluding carboxylic acids is 1. The van der Waals surface area contributed by atoms with Gasteiger partial charge in [-0.25, -0.2) is 9.97 Å². The number of nitrogens with one attached hydrogen (secondary N) is 1. The SMILES string of the molecule is Cc1noc(C)c1C(=O)NCc1cnc([C@@H]2CCCCO2)nc1. The Kier molecular flexibility index (Phi) is 4.66. The van der Waals surface area contributed by atoms with Gasteiger partial charge in [-0.1, -0.05) is 5.16 Å². The predicted octanol–water partition coefficient (Wildman–Crippen LogP) is 2.25. The van der Waals surface area contributed by atoms with Crippen LogP contribution >= 0.6 is 0 Å². The van der Waals surface area contributed by atoms with Gasteiger partial charge in [0.25, 0.3) is 5.91 Å². The van der Waals surface area contributed by atoms with Gasteiger partial charge in [0, 0.05) is 31.1 Å². The van der Waals surface area contributed by atoms with Gasteiger partial charge in [-0.15, -0.1) is 0 Å². The first-order chi connectivity index (χ1) is 11.1. The largest absolute Gasteiger partial charge is 0.370 e. The molecule has 0 bridgehead atoms. The zero-order chi connectivity index (χ0) is 16.2. The molecule has 0 spiro atoms. The molecular formula is C16H20N4O3. The number of hydrogen-bond acceptors (Lipinski definition) is 6. The first-order valence-corrected chi connectivity index (χ1v) is 7.78. The molecule has 1 aliphatic rings. The second kappa shape index (κ2) is 6.87. The summed E-state index contributed by atoms with van der Waals surface area (Å²) in [5.41, 5.74) is 1.91. The first kappa shape index (κ1) is 15.6. The molecule has 1 aliphatic heterocycles. The molecule has 0 saturated carbocycles. The Morgan fingerprint density at radius 2 is 2.09 bits per heavy atom. The molecule has 7 heteroatoms. The van der Waals surface area contributed by atoms with Gasteiger partial charge in [0.1, 0.15) is 17.4 Å². The number of rotatable bonds is 4. The molecule has 1 N–H and O–H groups in total. The maximum Gasteiger partial charge on any atom is 0.257 e. The van der Waals surface area contributed by atoms with Crippen molar-refractivity contribution in [2.24, 2.45) is 0 Å². The van der Waals surface area contributed by atoms with Gasteiger partial charge in [-0.05, 0) is 33.1 Å². The Bertz CT molecular complexity index is 656. The van der Waals surface area contributed by atoms with Gasteiger partial charge in [-0.2, -0.15) is 0 Å². The standard InChI is InChI=1S/C16H20N4O3/c1-10-14(11(2)23-20-10)16(21)19-9-12-7-17-15(18-8-12)13-5-3-4-6-22-13/h7-8,13H,3-6,9H2,1-2H3,(H,19,21)/t13-/m0/s1. The zero-order valence-electron chi connectivity index (χ0n) is 13.3. The molecule has 2 aromatic heterocycles. The Morgan fingerprint density at radius 3 is 2.70 bits per heavy atom. The summed E-state index contributed by atoms with van der Waals surface area (Å²) in [6.45, 7) is 4.59. The van der Waals surface area contributed by atoms with E-state index >= 15 is 0 Å². The van der Waals surface area contributed by atoms with Crippen LogP contribution in [0, 0.1) is 13.8 Å². The fraction of sp³-hybridized carbons (Fsp3) is 0.500. The maximum atomic E-state index is 12.2. The lowest BCUT2D eigenvalue weighted by Crippen LogP contribution is -2.24. The lowest BCUT2D eigenvalue weighted by molar-refractivity contribution is 0.00940. The van der Waals surface area contributed by atoms with Crippen LogP contribution in [0.5, 0.6) is 0 Å². The summed E-state index contributed by atoms with van der Waals surface area (Å²) in [5, 5.41) is 6.61. The van der Waals surface area contributed by atoms with Crippen LogP contribution in [0.25, 0.3) is 0 Å². The molecule has 1 saturated heterocycles. The molecule has 3 heterocycles. The van der Waals surface area contributed by atoms with Gasteiger partial charge in [0.05, 0.1) is 5.69 Å². The second-order valence-electron chi connectivity index (χ2n) is 5.69. The highest BCUT2D eigenvalue weighted by Crippen LogP contribution is 2.24. The summed E-state index contributed by atoms with van der Waals surface area (Å²) in [6, 6.07) is 0. The first-order valence-electron chi connectivity index (χ1n) is 7.78. The number of hydrogen-bond donors (Lipinski definition) is 1. The van der Waals surface area contributed by atoms with Crippen LogP contribution in [-0.2, 0) is 11.3 Å². The highest BCUT2D eigenvalue weighted by Gasteiger charge is 2.19. The minimum Gasteiger partial charge on any atom is -0.370 e. The quantitative estimate of drug-likeness (QED) is 0.930. The van der Waals surface area contributed by atoms with Gasteiger partial charge >= 0.3 is 0 Å². The van der Waals surface area contributed by atoms with Crippen molar-refractivity contribution in [2.75, 3.05) is 6.61 Å². The number of carbonyl (C=O) groups is 1. The third-order valence-electron chi connectivity index (χ3n) is 3.91. The fourth-order valence-electron chi connectivity index (χ4n) is 2.64. The molecule has 1 atom stereocenters. The topological polar surface area (TPSA) is 90.1 Å². The molecule has 1 amide bonds. The summed E-state index contributed by atoms with van der Waals surface area (Å²) in [7, 11) is 0. The molecule has 3 rings (SSSR count). The minimum absolute atomic E-state index is 0.00491. The number of aryl methyl sites for hydroxylation is 2. The lowest BCUT2D eigenvalue weighted by atomic mass is 10.1. The van der Waals surface area contributed by atoms with E-state index in [1.54, 1.807) is 26.2 Å². The Balaban J connectivity index is 1.59. The van der Waals surface area contributed by atoms with Gasteiger partial charge in [-0.3, -0.25) is 4.79 Å². The summed E-state index contributed by atoms with van der Waals surface area (Å²) in [5.74, 6) is 1.02. The number of ether oxygens (including phenoxy) is 1. The highest BCUT2D eigenvalue weighted by atomic mass is 16.5. The van der Waals surface area contributed by atoms with Gasteiger partial charge < -0.3 is 14.6 Å². The number of nitrogens with zero attached hydrogens (tertiary/aromatic N) is 3. The molecule has 2 aromatic rings. The van der Waals surface area contributed by atoms with Crippen LogP contribution in [0.4, 0.5) is 0 Å². The second-order valence-corrected chi connectivity index (χ2v) is 5.69. The molecule has 23 heavy (non-hydrogen) atoms. The Morgan fingerprint density at radius 1 is 1.30 bits per heavy atom. The predicted molar refractivity (Wildman–Crippen MR) is 81.7 cm³/mol. The molecule has 122 valence electrons. The highest BCUT2D eigenvalue weighted by molar-refractivity contribution is 5.95. The Labute approximate surface area is 134 Å². The van der Waals surface area contributed by atoms with E-state index in [2.05, 4.69) is 20.4 Å². The zero-order valence-corrected chi connectivity index (χ0v) is 13.3. The average Bonchev–Trinajstić information content (AvgIpc) is 2.93. The number of aromatic nitrogens is 3. The van der Waals surface area contributed by atoms with E-state index in [9.17, 15) is 4.79 Å². The molecular weight excluding hydrogens is 296 g/mol. The van der Waals surface area contributed by atoms with Crippen molar-refractivity contribution < 1.29 is 14.1 Å². The van der Waals surface area contributed by atoms with Crippen LogP contribution in [0.2, 0.25) is 0 Å². The third-order valence-corrected chi connectivity index (χ3v) is 3.91. The molecule has 0 aromatic carbocycles. The van der Waals surface area contributed by atoms with Crippen LogP contribution < -0.4 is 5.32 Å². The van der Waals surface area contributed by atoms with E-state index in [1.165, 1.54) is 0 Å². The van der Waals surface area contributed by atoms with Crippen LogP contribution in [0.1, 0.15) is 58.6 Å². The van der Waals surface area contributed by atoms with Gasteiger partial charge in [0.2, 0.25) is 0 Å². The van der Waals surface area contributed by atoms with Crippen molar-refractivity contribution in [3.8, 4) is 0 Å². The minimum atomic E-state index is -0.207. The average molecular weight is 316 g/mol. The summed E-state index contributed by atoms with van der Waals surface area (Å²) in [4.78, 5) is 20.9. The normalized spacial score (nSPS) is 17.9. The van der Waals surface area contributed by atoms with Crippen LogP contribution in [-0.4, -0.2) is 27.6 Å². The van der Waals surface area contributed by atoms with E-state index < -0.39 is 0 Å². The summed E-state index contributed by atoms with van der Waals surface area (Å²) >= 11 is 0. The van der Waals surface area contributed by atoms with Crippen molar-refractivity contribution in [1.29, 1.82) is 0 Å². The van der Waals surface area contributed by atoms with Crippen molar-refractivity contribution in [3.05, 3.63) is 40.8 Å². The Hall–Kier alpha value is -2.28. The van der Waals surface area contributed by atoms with Crippen LogP contribution in [0.3, 0.4) is 0 Å². The van der Waals surface area contributed by atoms with Crippen LogP contribution in [0.15, 0.2) is 16.9 Å². The molecule has 1 fully saturated rings. The van der Waals surface area contributed by atoms with Gasteiger partial charge in [0.15, 0.2) is 5.82 Å². The maximum absolute atomic E-state index is 12.2. The molecule has 0 aliphatic carbocycles. The fourth-order valence-corrected chi connectivity index (χ4v) is 2.64. The van der Waals surface area contributed by atoms with E-state index in [1.807, 2.05) is 0 Å². The molecule has 0 unspecified atom stereocenters. The van der Waals surface area contributed by atoms with E-state index in [0.717, 1.165) is 31.4 Å². The van der Waals surface area contributed by atoms with E-state index in [-0.39, 0.29) is 12.0 Å². The van der Waals surface area contributed by atoms with Crippen molar-refractivity contribution in [1.82, 2.24) is 20.4 Å². The summed E-state index contributed by atoms with van der Waals surface area (Å²) in [6.07, 6.45) is 6.66. The van der Waals surface area contributed by atoms with Crippen molar-refractivity contribution in [3.63, 3.8) is 0 Å². The summed E-state index contributed by atoms with van der Waals surface area (Å²) < 4.78 is 10.7. The third kappa shape index (κ3) is 3.56. The van der Waals surface area contributed by atoms with Crippen molar-refractivity contribution in [2.45, 2.75) is 45.8 Å². The smallest absolute Gasteiger partial charge is 0.257 e. The van der Waals surface area contributed by atoms with E-state index in [4.69, 9.17) is 9.26 Å². The lowest BCUT2D eigenvalue weighted by Gasteiger charge is -2.21. The van der Waals surface area contributed by atoms with Crippen molar-refractivity contribution >= 4 is 5.91 Å². The molecule has 7 nitrogen and oxygen atoms in total. The number of amides is 1. The molecule has 0 radical (unpaired) electrons. The van der Waals surface area contributed by atoms with E-state index in [0.29, 0.717) is 29.4 Å². The monoisotopic (exact) mass is 316 g/mol.